The first-order valence-electron chi connectivity index (χ1n) is 8.34. The van der Waals surface area contributed by atoms with Crippen LogP contribution < -0.4 is 5.32 Å². The minimum absolute atomic E-state index is 0.189. The van der Waals surface area contributed by atoms with Crippen LogP contribution in [0, 0.1) is 6.92 Å². The van der Waals surface area contributed by atoms with Crippen molar-refractivity contribution in [2.24, 2.45) is 0 Å². The predicted octanol–water partition coefficient (Wildman–Crippen LogP) is 1.44. The molecule has 1 amide bonds. The third-order valence-corrected chi connectivity index (χ3v) is 6.79. The molecule has 1 N–H and O–H groups in total. The number of aromatic nitrogens is 1. The van der Waals surface area contributed by atoms with Gasteiger partial charge in [-0.25, -0.2) is 13.4 Å². The topological polar surface area (TPSA) is 88.6 Å². The molecule has 1 fully saturated rings. The first-order chi connectivity index (χ1) is 12.5. The fourth-order valence-corrected chi connectivity index (χ4v) is 4.70. The van der Waals surface area contributed by atoms with E-state index in [0.717, 1.165) is 10.7 Å². The molecule has 2 aromatic rings. The zero-order valence-corrected chi connectivity index (χ0v) is 16.1. The van der Waals surface area contributed by atoms with Gasteiger partial charge in [0, 0.05) is 37.0 Å². The lowest BCUT2D eigenvalue weighted by molar-refractivity contribution is 0.0730. The van der Waals surface area contributed by atoms with E-state index in [1.54, 1.807) is 11.3 Å². The van der Waals surface area contributed by atoms with Crippen LogP contribution >= 0.6 is 11.3 Å². The first-order valence-corrected chi connectivity index (χ1v) is 10.7. The lowest BCUT2D eigenvalue weighted by Gasteiger charge is -2.26. The summed E-state index contributed by atoms with van der Waals surface area (Å²) in [6, 6.07) is 6.03. The van der Waals surface area contributed by atoms with E-state index in [9.17, 15) is 13.2 Å². The number of rotatable bonds is 6. The summed E-state index contributed by atoms with van der Waals surface area (Å²) in [7, 11) is -3.54. The van der Waals surface area contributed by atoms with E-state index in [1.165, 1.54) is 28.6 Å². The van der Waals surface area contributed by atoms with Crippen LogP contribution in [0.25, 0.3) is 0 Å². The number of sulfonamides is 1. The Labute approximate surface area is 157 Å². The molecule has 0 radical (unpaired) electrons. The molecule has 0 aliphatic carbocycles. The zero-order valence-electron chi connectivity index (χ0n) is 14.5. The summed E-state index contributed by atoms with van der Waals surface area (Å²) >= 11 is 1.58. The van der Waals surface area contributed by atoms with Gasteiger partial charge in [-0.15, -0.1) is 11.3 Å². The first kappa shape index (κ1) is 19.0. The van der Waals surface area contributed by atoms with Gasteiger partial charge < -0.3 is 10.1 Å². The van der Waals surface area contributed by atoms with E-state index < -0.39 is 10.0 Å². The second-order valence-corrected chi connectivity index (χ2v) is 8.90. The zero-order chi connectivity index (χ0) is 18.6. The molecule has 2 heterocycles. The average molecular weight is 396 g/mol. The standard InChI is InChI=1S/C17H21N3O4S2/c1-13-19-15(12-25-13)6-7-18-17(21)14-2-4-16(5-3-14)26(22,23)20-8-10-24-11-9-20/h2-5,12H,6-11H2,1H3,(H,18,21). The fraction of sp³-hybridized carbons (Fsp3) is 0.412. The maximum absolute atomic E-state index is 12.6. The number of thiazole rings is 1. The third kappa shape index (κ3) is 4.47. The average Bonchev–Trinajstić information content (AvgIpc) is 3.07. The summed E-state index contributed by atoms with van der Waals surface area (Å²) < 4.78 is 31.7. The smallest absolute Gasteiger partial charge is 0.251 e. The Morgan fingerprint density at radius 1 is 1.27 bits per heavy atom. The molecular weight excluding hydrogens is 374 g/mol. The van der Waals surface area contributed by atoms with Crippen molar-refractivity contribution in [1.82, 2.24) is 14.6 Å². The number of morpholine rings is 1. The summed E-state index contributed by atoms with van der Waals surface area (Å²) in [6.07, 6.45) is 0.666. The number of hydrogen-bond acceptors (Lipinski definition) is 6. The van der Waals surface area contributed by atoms with Gasteiger partial charge in [-0.05, 0) is 31.2 Å². The quantitative estimate of drug-likeness (QED) is 0.800. The van der Waals surface area contributed by atoms with Crippen LogP contribution in [0.3, 0.4) is 0 Å². The molecule has 1 aromatic heterocycles. The highest BCUT2D eigenvalue weighted by Gasteiger charge is 2.26. The van der Waals surface area contributed by atoms with Gasteiger partial charge in [0.15, 0.2) is 0 Å². The second-order valence-electron chi connectivity index (χ2n) is 5.90. The predicted molar refractivity (Wildman–Crippen MR) is 98.9 cm³/mol. The van der Waals surface area contributed by atoms with Gasteiger partial charge in [-0.3, -0.25) is 4.79 Å². The van der Waals surface area contributed by atoms with E-state index in [2.05, 4.69) is 10.3 Å². The van der Waals surface area contributed by atoms with E-state index in [0.29, 0.717) is 44.8 Å². The Balaban J connectivity index is 1.58. The Kier molecular flexibility index (Phi) is 6.02. The summed E-state index contributed by atoms with van der Waals surface area (Å²) in [5, 5.41) is 5.81. The van der Waals surface area contributed by atoms with Gasteiger partial charge in [0.2, 0.25) is 10.0 Å². The number of carbonyl (C=O) groups excluding carboxylic acids is 1. The molecule has 0 unspecified atom stereocenters. The molecule has 3 rings (SSSR count). The van der Waals surface area contributed by atoms with E-state index in [4.69, 9.17) is 4.74 Å². The van der Waals surface area contributed by atoms with Gasteiger partial charge in [0.1, 0.15) is 0 Å². The van der Waals surface area contributed by atoms with Crippen molar-refractivity contribution in [1.29, 1.82) is 0 Å². The van der Waals surface area contributed by atoms with Crippen LogP contribution in [0.4, 0.5) is 0 Å². The summed E-state index contributed by atoms with van der Waals surface area (Å²) in [5.41, 5.74) is 1.39. The van der Waals surface area contributed by atoms with Crippen LogP contribution in [-0.2, 0) is 21.2 Å². The normalized spacial score (nSPS) is 15.7. The number of ether oxygens (including phenoxy) is 1. The van der Waals surface area contributed by atoms with Crippen molar-refractivity contribution >= 4 is 27.3 Å². The molecule has 7 nitrogen and oxygen atoms in total. The lowest BCUT2D eigenvalue weighted by atomic mass is 10.2. The maximum Gasteiger partial charge on any atom is 0.251 e. The van der Waals surface area contributed by atoms with Gasteiger partial charge in [-0.1, -0.05) is 0 Å². The van der Waals surface area contributed by atoms with Crippen molar-refractivity contribution in [3.05, 3.63) is 45.9 Å². The van der Waals surface area contributed by atoms with Crippen LogP contribution in [0.15, 0.2) is 34.5 Å². The van der Waals surface area contributed by atoms with Gasteiger partial charge in [-0.2, -0.15) is 4.31 Å². The van der Waals surface area contributed by atoms with E-state index in [1.807, 2.05) is 12.3 Å². The highest BCUT2D eigenvalue weighted by molar-refractivity contribution is 7.89. The number of nitrogens with one attached hydrogen (secondary N) is 1. The van der Waals surface area contributed by atoms with Crippen LogP contribution in [0.2, 0.25) is 0 Å². The van der Waals surface area contributed by atoms with Crippen LogP contribution in [0.5, 0.6) is 0 Å². The Morgan fingerprint density at radius 3 is 2.58 bits per heavy atom. The highest BCUT2D eigenvalue weighted by atomic mass is 32.2. The molecular formula is C17H21N3O4S2. The Bertz CT molecular complexity index is 856. The van der Waals surface area contributed by atoms with Crippen LogP contribution in [0.1, 0.15) is 21.1 Å². The van der Waals surface area contributed by atoms with E-state index in [-0.39, 0.29) is 10.8 Å². The van der Waals surface area contributed by atoms with Crippen LogP contribution in [-0.4, -0.2) is 56.5 Å². The Morgan fingerprint density at radius 2 is 1.96 bits per heavy atom. The highest BCUT2D eigenvalue weighted by Crippen LogP contribution is 2.17. The number of amides is 1. The van der Waals surface area contributed by atoms with Gasteiger partial charge in [0.05, 0.1) is 28.8 Å². The van der Waals surface area contributed by atoms with Crippen molar-refractivity contribution in [3.8, 4) is 0 Å². The van der Waals surface area contributed by atoms with Crippen molar-refractivity contribution in [3.63, 3.8) is 0 Å². The molecule has 0 atom stereocenters. The van der Waals surface area contributed by atoms with Crippen molar-refractivity contribution < 1.29 is 17.9 Å². The molecule has 26 heavy (non-hydrogen) atoms. The molecule has 1 aliphatic rings. The molecule has 1 saturated heterocycles. The fourth-order valence-electron chi connectivity index (χ4n) is 2.64. The Hall–Kier alpha value is -1.81. The lowest BCUT2D eigenvalue weighted by Crippen LogP contribution is -2.40. The van der Waals surface area contributed by atoms with Crippen molar-refractivity contribution in [2.75, 3.05) is 32.8 Å². The molecule has 1 aromatic carbocycles. The minimum Gasteiger partial charge on any atom is -0.379 e. The molecule has 9 heteroatoms. The summed E-state index contributed by atoms with van der Waals surface area (Å²) in [5.74, 6) is -0.229. The largest absolute Gasteiger partial charge is 0.379 e. The van der Waals surface area contributed by atoms with Gasteiger partial charge in [0.25, 0.3) is 5.91 Å². The second kappa shape index (κ2) is 8.26. The van der Waals surface area contributed by atoms with E-state index >= 15 is 0 Å². The number of hydrogen-bond donors (Lipinski definition) is 1. The van der Waals surface area contributed by atoms with Crippen molar-refractivity contribution in [2.45, 2.75) is 18.2 Å². The van der Waals surface area contributed by atoms with Gasteiger partial charge >= 0.3 is 0 Å². The molecule has 0 bridgehead atoms. The third-order valence-electron chi connectivity index (χ3n) is 4.06. The number of aryl methyl sites for hydroxylation is 1. The number of benzene rings is 1. The maximum atomic E-state index is 12.6. The molecule has 0 spiro atoms. The summed E-state index contributed by atoms with van der Waals surface area (Å²) in [4.78, 5) is 16.7. The molecule has 0 saturated carbocycles. The monoisotopic (exact) mass is 395 g/mol. The minimum atomic E-state index is -3.54. The SMILES string of the molecule is Cc1nc(CCNC(=O)c2ccc(S(=O)(=O)N3CCOCC3)cc2)cs1. The summed E-state index contributed by atoms with van der Waals surface area (Å²) in [6.45, 7) is 3.92. The molecule has 1 aliphatic heterocycles. The number of carbonyl (C=O) groups is 1. The molecule has 140 valence electrons. The number of nitrogens with zero attached hydrogens (tertiary/aromatic N) is 2.